The number of aliphatic hydroxyl groups is 8. The van der Waals surface area contributed by atoms with Crippen LogP contribution in [0.2, 0.25) is 0 Å². The number of allylic oxidation sites excluding steroid dienone is 4. The molecule has 4 aliphatic heterocycles. The number of carbonyl (C=O) groups is 8. The minimum atomic E-state index is -1.61. The van der Waals surface area contributed by atoms with Crippen molar-refractivity contribution in [2.75, 3.05) is 64.6 Å². The predicted octanol–water partition coefficient (Wildman–Crippen LogP) is -1.97. The second-order valence-electron chi connectivity index (χ2n) is 29.1. The molecule has 610 valence electrons. The molecule has 12 atom stereocenters. The first-order chi connectivity index (χ1) is 53.1. The Balaban J connectivity index is 0.754. The fourth-order valence-corrected chi connectivity index (χ4v) is 13.8. The number of carbonyl (C=O) groups excluding carboxylic acids is 8. The van der Waals surface area contributed by atoms with E-state index in [4.69, 9.17) is 24.7 Å². The lowest BCUT2D eigenvalue weighted by Gasteiger charge is -2.39. The summed E-state index contributed by atoms with van der Waals surface area (Å²) >= 11 is 0. The summed E-state index contributed by atoms with van der Waals surface area (Å²) in [5, 5.41) is 115. The number of aliphatic hydroxyl groups excluding tert-OH is 8. The molecule has 0 spiro atoms. The van der Waals surface area contributed by atoms with Gasteiger partial charge >= 0.3 is 0 Å². The number of anilines is 1. The highest BCUT2D eigenvalue weighted by atomic mass is 16.7. The molecule has 111 heavy (non-hydrogen) atoms. The van der Waals surface area contributed by atoms with E-state index in [1.165, 1.54) is 55.7 Å². The number of amides is 8. The number of fused-ring (bicyclic) bond motifs is 2. The van der Waals surface area contributed by atoms with Gasteiger partial charge in [0.25, 0.3) is 0 Å². The Bertz CT molecular complexity index is 3860. The van der Waals surface area contributed by atoms with Gasteiger partial charge in [-0.25, -0.2) is 9.36 Å². The monoisotopic (exact) mass is 1560 g/mol. The van der Waals surface area contributed by atoms with Gasteiger partial charge in [-0.3, -0.25) is 38.4 Å². The Morgan fingerprint density at radius 1 is 0.559 bits per heavy atom. The van der Waals surface area contributed by atoms with E-state index in [1.807, 2.05) is 0 Å². The van der Waals surface area contributed by atoms with Crippen LogP contribution in [0.1, 0.15) is 147 Å². The SMILES string of the molecule is C[N+]1=C(/C=C/C=C2\N(CCCCC(=O)NCCCCCC(=O)NC(CCC(=O)NCc3cn(CCO[C@H]4O[C@H](CO)[C@@H](O)[C@H](O)[C@@H]4O)nn3)C(=O)NCCCCCC(=O)NC(CCC(=O)NCc3cn(CCO[C@H]4O[C@H](CO)[C@@H](O)[C@H](O)[C@@H]4O)nn3)C(=O)NCC(N)=O)c3ccccc3C2(C)C)C(C)(C)c2ccccc21. The van der Waals surface area contributed by atoms with Crippen molar-refractivity contribution in [3.8, 4) is 0 Å². The van der Waals surface area contributed by atoms with Gasteiger partial charge in [0.1, 0.15) is 79.4 Å². The highest BCUT2D eigenvalue weighted by Gasteiger charge is 2.47. The van der Waals surface area contributed by atoms with Gasteiger partial charge < -0.3 is 108 Å². The molecule has 0 saturated carbocycles. The zero-order chi connectivity index (χ0) is 80.4. The Kier molecular flexibility index (Phi) is 33.6. The third-order valence-electron chi connectivity index (χ3n) is 20.1. The topological polar surface area (TPSA) is 513 Å². The minimum absolute atomic E-state index is 0.0518. The number of aromatic nitrogens is 6. The zero-order valence-corrected chi connectivity index (χ0v) is 63.7. The molecule has 2 saturated heterocycles. The number of hydrogen-bond donors (Lipinski definition) is 16. The maximum Gasteiger partial charge on any atom is 0.243 e. The van der Waals surface area contributed by atoms with E-state index in [0.29, 0.717) is 69.3 Å². The first-order valence-corrected chi connectivity index (χ1v) is 37.9. The fourth-order valence-electron chi connectivity index (χ4n) is 13.8. The molecule has 0 radical (unpaired) electrons. The van der Waals surface area contributed by atoms with Crippen LogP contribution in [0.15, 0.2) is 84.8 Å². The zero-order valence-electron chi connectivity index (χ0n) is 63.7. The van der Waals surface area contributed by atoms with Crippen LogP contribution in [0.4, 0.5) is 11.4 Å². The smallest absolute Gasteiger partial charge is 0.243 e. The lowest BCUT2D eigenvalue weighted by atomic mass is 9.81. The third-order valence-corrected chi connectivity index (χ3v) is 20.1. The van der Waals surface area contributed by atoms with E-state index in [2.05, 4.69) is 169 Å². The van der Waals surface area contributed by atoms with Gasteiger partial charge in [-0.15, -0.1) is 10.2 Å². The highest BCUT2D eigenvalue weighted by molar-refractivity contribution is 6.03. The molecular formula is C75H111N16O20+. The Hall–Kier alpha value is -9.05. The summed E-state index contributed by atoms with van der Waals surface area (Å²) in [6.07, 6.45) is -0.858. The van der Waals surface area contributed by atoms with Crippen LogP contribution in [-0.4, -0.2) is 262 Å². The number of hydrogen-bond acceptors (Lipinski definition) is 25. The van der Waals surface area contributed by atoms with Crippen LogP contribution in [0.3, 0.4) is 0 Å². The minimum Gasteiger partial charge on any atom is -0.394 e. The Morgan fingerprint density at radius 2 is 1.04 bits per heavy atom. The fraction of sp³-hybridized carbons (Fsp3) is 0.613. The summed E-state index contributed by atoms with van der Waals surface area (Å²) in [5.41, 5.74) is 12.9. The number of primary amides is 1. The van der Waals surface area contributed by atoms with Crippen molar-refractivity contribution in [3.05, 3.63) is 107 Å². The van der Waals surface area contributed by atoms with Crippen molar-refractivity contribution in [1.29, 1.82) is 0 Å². The summed E-state index contributed by atoms with van der Waals surface area (Å²) in [6, 6.07) is 14.6. The van der Waals surface area contributed by atoms with Crippen molar-refractivity contribution in [2.45, 2.75) is 235 Å². The summed E-state index contributed by atoms with van der Waals surface area (Å²) < 4.78 is 26.8. The van der Waals surface area contributed by atoms with Crippen molar-refractivity contribution in [2.24, 2.45) is 5.73 Å². The number of unbranched alkanes of at least 4 members (excludes halogenated alkanes) is 5. The molecule has 0 aliphatic carbocycles. The van der Waals surface area contributed by atoms with Crippen LogP contribution in [0.5, 0.6) is 0 Å². The van der Waals surface area contributed by atoms with Gasteiger partial charge in [0, 0.05) is 86.2 Å². The second-order valence-corrected chi connectivity index (χ2v) is 29.1. The highest BCUT2D eigenvalue weighted by Crippen LogP contribution is 2.48. The summed E-state index contributed by atoms with van der Waals surface area (Å²) in [4.78, 5) is 107. The molecular weight excluding hydrogens is 1440 g/mol. The number of nitrogens with zero attached hydrogens (tertiary/aromatic N) is 8. The first kappa shape index (κ1) is 87.5. The standard InChI is InChI=1S/C75H110N16O20/c1-74(2)48-19-10-12-21-52(48)88(5)56(74)23-18-24-57-75(3,4)49-20-11-13-22-53(49)91(57)34-17-14-25-59(95)77-32-15-6-8-26-62(98)82-50(28-30-60(96)79-39-46-42-89(86-84-46)35-37-108-72-68(104)66(102)64(100)54(44-92)110-72)70(106)78-33-16-7-9-27-63(99)83-51(71(107)81-41-58(76)94)29-31-61(97)80-40-47-43-90(87-85-47)36-38-109-73-69(105)67(103)65(101)55(45-93)111-73/h10-13,18-24,42-43,50-51,54-55,64-69,72-73,92-93,100-105H,6-9,14-17,25-41,44-45H2,1-5H3,(H8-,76,77,78,79,80,81,82,83,94,95,96,97,98,99,106,107)/p+1/t50?,51?,54-,55-,64-,65-,66+,67+,68+,69+,72+,73+/m1/s1. The van der Waals surface area contributed by atoms with Crippen molar-refractivity contribution in [3.63, 3.8) is 0 Å². The van der Waals surface area contributed by atoms with Crippen molar-refractivity contribution >= 4 is 64.3 Å². The Morgan fingerprint density at radius 3 is 1.56 bits per heavy atom. The van der Waals surface area contributed by atoms with Crippen LogP contribution in [0.25, 0.3) is 0 Å². The summed E-state index contributed by atoms with van der Waals surface area (Å²) in [6.45, 7) is 8.45. The summed E-state index contributed by atoms with van der Waals surface area (Å²) in [7, 11) is 2.11. The molecule has 8 rings (SSSR count). The predicted molar refractivity (Wildman–Crippen MR) is 399 cm³/mol. The molecule has 8 amide bonds. The molecule has 0 bridgehead atoms. The average Bonchev–Trinajstić information content (AvgIpc) is 1.65. The van der Waals surface area contributed by atoms with E-state index in [0.717, 1.165) is 13.0 Å². The molecule has 6 heterocycles. The van der Waals surface area contributed by atoms with E-state index in [9.17, 15) is 79.2 Å². The largest absolute Gasteiger partial charge is 0.394 e. The van der Waals surface area contributed by atoms with Gasteiger partial charge in [0.15, 0.2) is 18.3 Å². The molecule has 2 unspecified atom stereocenters. The van der Waals surface area contributed by atoms with Gasteiger partial charge in [0.2, 0.25) is 52.9 Å². The quantitative estimate of drug-likeness (QED) is 0.0169. The molecule has 36 heteroatoms. The van der Waals surface area contributed by atoms with E-state index in [-0.39, 0.29) is 101 Å². The van der Waals surface area contributed by atoms with Crippen molar-refractivity contribution in [1.82, 2.24) is 67.2 Å². The van der Waals surface area contributed by atoms with E-state index >= 15 is 0 Å². The number of ether oxygens (including phenoxy) is 4. The Labute approximate surface area is 643 Å². The molecule has 2 aromatic heterocycles. The van der Waals surface area contributed by atoms with E-state index < -0.39 is 135 Å². The van der Waals surface area contributed by atoms with Crippen LogP contribution in [-0.2, 0) is 94.3 Å². The lowest BCUT2D eigenvalue weighted by Crippen LogP contribution is -2.59. The number of nitrogens with one attached hydrogen (secondary N) is 7. The van der Waals surface area contributed by atoms with Gasteiger partial charge in [-0.2, -0.15) is 4.58 Å². The van der Waals surface area contributed by atoms with Gasteiger partial charge in [0.05, 0.1) is 77.0 Å². The normalized spacial score (nSPS) is 22.7. The number of nitrogens with two attached hydrogens (primary N) is 1. The first-order valence-electron chi connectivity index (χ1n) is 37.9. The molecule has 2 fully saturated rings. The van der Waals surface area contributed by atoms with Crippen LogP contribution < -0.4 is 47.9 Å². The van der Waals surface area contributed by atoms with Crippen LogP contribution >= 0.6 is 0 Å². The third kappa shape index (κ3) is 25.0. The molecule has 4 aliphatic rings. The summed E-state index contributed by atoms with van der Waals surface area (Å²) in [5.74, 6) is -4.13. The molecule has 36 nitrogen and oxygen atoms in total. The lowest BCUT2D eigenvalue weighted by molar-refractivity contribution is -0.401. The molecule has 2 aromatic carbocycles. The van der Waals surface area contributed by atoms with Crippen LogP contribution in [0, 0.1) is 0 Å². The maximum absolute atomic E-state index is 13.8. The van der Waals surface area contributed by atoms with Gasteiger partial charge in [-0.1, -0.05) is 79.6 Å². The maximum atomic E-state index is 13.8. The molecule has 4 aromatic rings. The second kappa shape index (κ2) is 42.6. The average molecular weight is 1560 g/mol. The van der Waals surface area contributed by atoms with Gasteiger partial charge in [-0.05, 0) is 82.9 Å². The van der Waals surface area contributed by atoms with Crippen molar-refractivity contribution < 1.29 is 103 Å². The number of rotatable bonds is 45. The van der Waals surface area contributed by atoms with E-state index in [1.54, 1.807) is 0 Å². The number of para-hydroxylation sites is 2. The molecule has 17 N–H and O–H groups in total. The number of benzene rings is 2.